The first-order chi connectivity index (χ1) is 12.1. The van der Waals surface area contributed by atoms with Gasteiger partial charge in [0.05, 0.1) is 16.5 Å². The number of nitrogens with one attached hydrogen (secondary N) is 1. The zero-order chi connectivity index (χ0) is 17.8. The lowest BCUT2D eigenvalue weighted by Crippen LogP contribution is -2.22. The van der Waals surface area contributed by atoms with Crippen LogP contribution in [0.4, 0.5) is 5.00 Å². The number of amides is 1. The molecular formula is C16H14N6OS2. The van der Waals surface area contributed by atoms with Gasteiger partial charge in [-0.1, -0.05) is 23.9 Å². The Kier molecular flexibility index (Phi) is 5.11. The third kappa shape index (κ3) is 3.87. The van der Waals surface area contributed by atoms with Crippen molar-refractivity contribution in [3.8, 4) is 11.8 Å². The van der Waals surface area contributed by atoms with Crippen LogP contribution in [0.2, 0.25) is 0 Å². The fourth-order valence-corrected chi connectivity index (χ4v) is 3.64. The van der Waals surface area contributed by atoms with E-state index < -0.39 is 5.25 Å². The number of nitriles is 1. The third-order valence-corrected chi connectivity index (χ3v) is 5.22. The molecule has 0 saturated carbocycles. The first kappa shape index (κ1) is 17.1. The van der Waals surface area contributed by atoms with Crippen LogP contribution < -0.4 is 5.32 Å². The molecule has 3 aromatic rings. The van der Waals surface area contributed by atoms with Gasteiger partial charge in [-0.2, -0.15) is 9.94 Å². The number of aromatic nitrogens is 4. The predicted octanol–water partition coefficient (Wildman–Crippen LogP) is 3.02. The SMILES string of the molecule is Cc1cccc(-n2nnnc2S[C@@H](C)C(=O)Nc2sccc2C#N)c1. The Balaban J connectivity index is 1.74. The van der Waals surface area contributed by atoms with Crippen LogP contribution in [0.3, 0.4) is 0 Å². The normalized spacial score (nSPS) is 11.7. The smallest absolute Gasteiger partial charge is 0.238 e. The van der Waals surface area contributed by atoms with Gasteiger partial charge in [-0.25, -0.2) is 0 Å². The van der Waals surface area contributed by atoms with E-state index in [-0.39, 0.29) is 5.91 Å². The first-order valence-corrected chi connectivity index (χ1v) is 9.15. The molecule has 2 heterocycles. The summed E-state index contributed by atoms with van der Waals surface area (Å²) in [6.45, 7) is 3.76. The maximum absolute atomic E-state index is 12.4. The molecule has 0 fully saturated rings. The summed E-state index contributed by atoms with van der Waals surface area (Å²) in [5, 5.41) is 26.0. The van der Waals surface area contributed by atoms with E-state index in [9.17, 15) is 4.79 Å². The molecule has 0 aliphatic carbocycles. The van der Waals surface area contributed by atoms with Gasteiger partial charge in [-0.3, -0.25) is 4.79 Å². The summed E-state index contributed by atoms with van der Waals surface area (Å²) in [6, 6.07) is 11.5. The van der Waals surface area contributed by atoms with Crippen LogP contribution in [-0.4, -0.2) is 31.4 Å². The third-order valence-electron chi connectivity index (χ3n) is 3.36. The Morgan fingerprint density at radius 1 is 1.44 bits per heavy atom. The molecule has 0 aliphatic heterocycles. The lowest BCUT2D eigenvalue weighted by Gasteiger charge is -2.11. The number of benzene rings is 1. The fraction of sp³-hybridized carbons (Fsp3) is 0.188. The van der Waals surface area contributed by atoms with Crippen LogP contribution in [0.15, 0.2) is 40.9 Å². The summed E-state index contributed by atoms with van der Waals surface area (Å²) in [5.41, 5.74) is 2.39. The molecule has 2 aromatic heterocycles. The summed E-state index contributed by atoms with van der Waals surface area (Å²) in [6.07, 6.45) is 0. The molecule has 1 amide bonds. The van der Waals surface area contributed by atoms with E-state index in [1.54, 1.807) is 23.1 Å². The molecule has 1 atom stereocenters. The van der Waals surface area contributed by atoms with Gasteiger partial charge in [0.15, 0.2) is 0 Å². The number of carbonyl (C=O) groups excluding carboxylic acids is 1. The maximum atomic E-state index is 12.4. The molecular weight excluding hydrogens is 356 g/mol. The Labute approximate surface area is 152 Å². The lowest BCUT2D eigenvalue weighted by atomic mass is 10.2. The van der Waals surface area contributed by atoms with E-state index in [0.717, 1.165) is 11.3 Å². The maximum Gasteiger partial charge on any atom is 0.238 e. The quantitative estimate of drug-likeness (QED) is 0.694. The van der Waals surface area contributed by atoms with Crippen LogP contribution in [0.5, 0.6) is 0 Å². The van der Waals surface area contributed by atoms with E-state index in [2.05, 4.69) is 26.9 Å². The number of nitrogens with zero attached hydrogens (tertiary/aromatic N) is 5. The van der Waals surface area contributed by atoms with E-state index >= 15 is 0 Å². The zero-order valence-corrected chi connectivity index (χ0v) is 15.1. The number of anilines is 1. The minimum atomic E-state index is -0.428. The van der Waals surface area contributed by atoms with Crippen molar-refractivity contribution in [2.45, 2.75) is 24.3 Å². The van der Waals surface area contributed by atoms with Gasteiger partial charge in [-0.05, 0) is 53.4 Å². The summed E-state index contributed by atoms with van der Waals surface area (Å²) < 4.78 is 1.60. The summed E-state index contributed by atoms with van der Waals surface area (Å²) in [7, 11) is 0. The summed E-state index contributed by atoms with van der Waals surface area (Å²) in [5.74, 6) is -0.206. The van der Waals surface area contributed by atoms with Crippen molar-refractivity contribution in [2.75, 3.05) is 5.32 Å². The van der Waals surface area contributed by atoms with Crippen molar-refractivity contribution in [1.29, 1.82) is 5.26 Å². The monoisotopic (exact) mass is 370 g/mol. The topological polar surface area (TPSA) is 96.5 Å². The highest BCUT2D eigenvalue weighted by Crippen LogP contribution is 2.26. The molecule has 9 heteroatoms. The molecule has 0 spiro atoms. The lowest BCUT2D eigenvalue weighted by molar-refractivity contribution is -0.115. The molecule has 7 nitrogen and oxygen atoms in total. The number of thioether (sulfide) groups is 1. The van der Waals surface area contributed by atoms with Gasteiger partial charge in [0.25, 0.3) is 0 Å². The minimum absolute atomic E-state index is 0.206. The number of rotatable bonds is 5. The van der Waals surface area contributed by atoms with Crippen molar-refractivity contribution < 1.29 is 4.79 Å². The highest BCUT2D eigenvalue weighted by Gasteiger charge is 2.20. The predicted molar refractivity (Wildman–Crippen MR) is 96.9 cm³/mol. The average molecular weight is 370 g/mol. The standard InChI is InChI=1S/C16H14N6OS2/c1-10-4-3-5-13(8-10)22-16(19-20-21-22)25-11(2)14(23)18-15-12(9-17)6-7-24-15/h3-8,11H,1-2H3,(H,18,23)/t11-/m0/s1. The summed E-state index contributed by atoms with van der Waals surface area (Å²) >= 11 is 2.58. The second-order valence-corrected chi connectivity index (χ2v) is 7.46. The van der Waals surface area contributed by atoms with Gasteiger partial charge in [0, 0.05) is 0 Å². The largest absolute Gasteiger partial charge is 0.316 e. The van der Waals surface area contributed by atoms with Crippen molar-refractivity contribution in [2.24, 2.45) is 0 Å². The second-order valence-electron chi connectivity index (χ2n) is 5.24. The van der Waals surface area contributed by atoms with Crippen molar-refractivity contribution >= 4 is 34.0 Å². The Hall–Kier alpha value is -2.70. The van der Waals surface area contributed by atoms with Gasteiger partial charge in [0.1, 0.15) is 11.1 Å². The Morgan fingerprint density at radius 3 is 3.04 bits per heavy atom. The van der Waals surface area contributed by atoms with Crippen LogP contribution >= 0.6 is 23.1 Å². The Bertz CT molecular complexity index is 942. The molecule has 1 N–H and O–H groups in total. The van der Waals surface area contributed by atoms with Gasteiger partial charge in [-0.15, -0.1) is 16.4 Å². The van der Waals surface area contributed by atoms with E-state index in [1.807, 2.05) is 31.2 Å². The van der Waals surface area contributed by atoms with Crippen LogP contribution in [0.25, 0.3) is 5.69 Å². The summed E-state index contributed by atoms with van der Waals surface area (Å²) in [4.78, 5) is 12.4. The molecule has 0 aliphatic rings. The van der Waals surface area contributed by atoms with Crippen LogP contribution in [0, 0.1) is 18.3 Å². The minimum Gasteiger partial charge on any atom is -0.316 e. The molecule has 0 bridgehead atoms. The van der Waals surface area contributed by atoms with Crippen LogP contribution in [-0.2, 0) is 4.79 Å². The molecule has 0 saturated heterocycles. The number of thiophene rings is 1. The number of tetrazole rings is 1. The van der Waals surface area contributed by atoms with Gasteiger partial charge >= 0.3 is 0 Å². The van der Waals surface area contributed by atoms with Crippen molar-refractivity contribution in [3.63, 3.8) is 0 Å². The highest BCUT2D eigenvalue weighted by atomic mass is 32.2. The highest BCUT2D eigenvalue weighted by molar-refractivity contribution is 8.00. The number of aryl methyl sites for hydroxylation is 1. The molecule has 0 unspecified atom stereocenters. The number of hydrogen-bond acceptors (Lipinski definition) is 7. The number of hydrogen-bond donors (Lipinski definition) is 1. The van der Waals surface area contributed by atoms with Crippen molar-refractivity contribution in [1.82, 2.24) is 20.2 Å². The molecule has 25 heavy (non-hydrogen) atoms. The van der Waals surface area contributed by atoms with Gasteiger partial charge < -0.3 is 5.32 Å². The molecule has 3 rings (SSSR count). The number of carbonyl (C=O) groups is 1. The fourth-order valence-electron chi connectivity index (χ4n) is 2.09. The average Bonchev–Trinajstić information content (AvgIpc) is 3.23. The van der Waals surface area contributed by atoms with Gasteiger partial charge in [0.2, 0.25) is 11.1 Å². The molecule has 0 radical (unpaired) electrons. The molecule has 126 valence electrons. The zero-order valence-electron chi connectivity index (χ0n) is 13.5. The van der Waals surface area contributed by atoms with E-state index in [1.165, 1.54) is 23.1 Å². The molecule has 1 aromatic carbocycles. The van der Waals surface area contributed by atoms with Crippen molar-refractivity contribution in [3.05, 3.63) is 46.8 Å². The van der Waals surface area contributed by atoms with E-state index in [0.29, 0.717) is 15.7 Å². The Morgan fingerprint density at radius 2 is 2.28 bits per heavy atom. The first-order valence-electron chi connectivity index (χ1n) is 7.39. The van der Waals surface area contributed by atoms with E-state index in [4.69, 9.17) is 5.26 Å². The second kappa shape index (κ2) is 7.46. The van der Waals surface area contributed by atoms with Crippen LogP contribution in [0.1, 0.15) is 18.1 Å².